The predicted octanol–water partition coefficient (Wildman–Crippen LogP) is 0.324. The van der Waals surface area contributed by atoms with Crippen LogP contribution in [0.5, 0.6) is 0 Å². The number of carbonyl (C=O) groups is 1. The van der Waals surface area contributed by atoms with E-state index in [0.717, 1.165) is 32.4 Å². The molecule has 0 spiro atoms. The average molecular weight is 213 g/mol. The number of amides is 1. The lowest BCUT2D eigenvalue weighted by Gasteiger charge is -2.15. The monoisotopic (exact) mass is 213 g/mol. The van der Waals surface area contributed by atoms with Crippen LogP contribution in [0.15, 0.2) is 0 Å². The van der Waals surface area contributed by atoms with Gasteiger partial charge in [0, 0.05) is 25.0 Å². The topological polar surface area (TPSA) is 58.4 Å². The number of carbonyl (C=O) groups excluding carboxylic acids is 1. The Balaban J connectivity index is 2.18. The highest BCUT2D eigenvalue weighted by molar-refractivity contribution is 5.76. The summed E-state index contributed by atoms with van der Waals surface area (Å²) in [4.78, 5) is 13.8. The Morgan fingerprint density at radius 1 is 1.67 bits per heavy atom. The minimum atomic E-state index is 0.0223. The third kappa shape index (κ3) is 4.62. The Bertz CT molecular complexity index is 208. The first-order chi connectivity index (χ1) is 7.11. The molecule has 1 saturated heterocycles. The summed E-state index contributed by atoms with van der Waals surface area (Å²) in [6.45, 7) is 4.13. The van der Waals surface area contributed by atoms with Crippen LogP contribution >= 0.6 is 0 Å². The molecule has 0 aliphatic carbocycles. The second-order valence-electron chi connectivity index (χ2n) is 4.57. The van der Waals surface area contributed by atoms with Gasteiger partial charge in [0.1, 0.15) is 0 Å². The molecule has 0 saturated carbocycles. The van der Waals surface area contributed by atoms with E-state index in [2.05, 4.69) is 24.2 Å². The summed E-state index contributed by atoms with van der Waals surface area (Å²) in [6.07, 6.45) is 3.50. The van der Waals surface area contributed by atoms with Gasteiger partial charge in [0.2, 0.25) is 5.91 Å². The van der Waals surface area contributed by atoms with Gasteiger partial charge in [-0.05, 0) is 26.4 Å². The predicted molar refractivity (Wildman–Crippen MR) is 61.5 cm³/mol. The number of nitrogens with zero attached hydrogens (tertiary/aromatic N) is 1. The lowest BCUT2D eigenvalue weighted by molar-refractivity contribution is -0.122. The van der Waals surface area contributed by atoms with Crippen LogP contribution in [0.4, 0.5) is 0 Å². The molecule has 0 aromatic carbocycles. The van der Waals surface area contributed by atoms with Crippen LogP contribution in [0, 0.1) is 0 Å². The first kappa shape index (κ1) is 12.5. The van der Waals surface area contributed by atoms with Gasteiger partial charge in [-0.1, -0.05) is 13.3 Å². The van der Waals surface area contributed by atoms with E-state index in [1.54, 1.807) is 0 Å². The second-order valence-corrected chi connectivity index (χ2v) is 4.57. The molecule has 2 atom stereocenters. The molecule has 0 bridgehead atoms. The molecule has 2 unspecified atom stereocenters. The molecule has 15 heavy (non-hydrogen) atoms. The average Bonchev–Trinajstić information content (AvgIpc) is 2.51. The summed E-state index contributed by atoms with van der Waals surface area (Å²) in [5, 5.41) is 3.04. The molecular formula is C11H23N3O. The van der Waals surface area contributed by atoms with E-state index in [9.17, 15) is 4.79 Å². The third-order valence-electron chi connectivity index (χ3n) is 2.86. The van der Waals surface area contributed by atoms with Gasteiger partial charge in [-0.15, -0.1) is 0 Å². The number of hydrogen-bond acceptors (Lipinski definition) is 3. The first-order valence-corrected chi connectivity index (χ1v) is 5.85. The van der Waals surface area contributed by atoms with E-state index in [1.807, 2.05) is 0 Å². The zero-order valence-electron chi connectivity index (χ0n) is 9.83. The smallest absolute Gasteiger partial charge is 0.221 e. The van der Waals surface area contributed by atoms with E-state index < -0.39 is 0 Å². The normalized spacial score (nSPS) is 24.1. The van der Waals surface area contributed by atoms with Crippen molar-refractivity contribution >= 4 is 5.91 Å². The van der Waals surface area contributed by atoms with Crippen molar-refractivity contribution in [2.24, 2.45) is 5.73 Å². The fourth-order valence-corrected chi connectivity index (χ4v) is 2.05. The zero-order chi connectivity index (χ0) is 11.3. The van der Waals surface area contributed by atoms with Crippen LogP contribution < -0.4 is 11.1 Å². The summed E-state index contributed by atoms with van der Waals surface area (Å²) in [6, 6.07) is 0.352. The molecule has 0 radical (unpaired) electrons. The van der Waals surface area contributed by atoms with Crippen LogP contribution in [-0.2, 0) is 4.79 Å². The summed E-state index contributed by atoms with van der Waals surface area (Å²) in [5.74, 6) is 0.108. The Morgan fingerprint density at radius 3 is 2.93 bits per heavy atom. The number of rotatable bonds is 5. The highest BCUT2D eigenvalue weighted by Crippen LogP contribution is 2.07. The molecule has 1 rings (SSSR count). The minimum Gasteiger partial charge on any atom is -0.352 e. The molecule has 4 heteroatoms. The maximum absolute atomic E-state index is 11.6. The zero-order valence-corrected chi connectivity index (χ0v) is 9.83. The second kappa shape index (κ2) is 6.08. The van der Waals surface area contributed by atoms with Gasteiger partial charge in [-0.25, -0.2) is 0 Å². The Hall–Kier alpha value is -0.610. The number of likely N-dealkylation sites (N-methyl/N-ethyl adjacent to an activating group) is 1. The van der Waals surface area contributed by atoms with Gasteiger partial charge in [-0.3, -0.25) is 4.79 Å². The van der Waals surface area contributed by atoms with Gasteiger partial charge in [0.25, 0.3) is 0 Å². The fourth-order valence-electron chi connectivity index (χ4n) is 2.05. The molecule has 1 aliphatic rings. The van der Waals surface area contributed by atoms with Crippen molar-refractivity contribution in [3.05, 3.63) is 0 Å². The maximum atomic E-state index is 11.6. The summed E-state index contributed by atoms with van der Waals surface area (Å²) >= 11 is 0. The largest absolute Gasteiger partial charge is 0.352 e. The summed E-state index contributed by atoms with van der Waals surface area (Å²) in [5.41, 5.74) is 5.82. The fraction of sp³-hybridized carbons (Fsp3) is 0.909. The van der Waals surface area contributed by atoms with Gasteiger partial charge in [0.05, 0.1) is 0 Å². The Labute approximate surface area is 92.2 Å². The first-order valence-electron chi connectivity index (χ1n) is 5.85. The highest BCUT2D eigenvalue weighted by atomic mass is 16.1. The molecule has 1 heterocycles. The third-order valence-corrected chi connectivity index (χ3v) is 2.86. The van der Waals surface area contributed by atoms with E-state index in [-0.39, 0.29) is 11.9 Å². The summed E-state index contributed by atoms with van der Waals surface area (Å²) < 4.78 is 0. The van der Waals surface area contributed by atoms with Crippen molar-refractivity contribution in [2.75, 3.05) is 20.1 Å². The number of nitrogens with one attached hydrogen (secondary N) is 1. The number of hydrogen-bond donors (Lipinski definition) is 2. The SMILES string of the molecule is CCCC(N)CC(=O)NC1CCN(C)C1. The lowest BCUT2D eigenvalue weighted by Crippen LogP contribution is -2.39. The van der Waals surface area contributed by atoms with Gasteiger partial charge >= 0.3 is 0 Å². The molecule has 1 amide bonds. The van der Waals surface area contributed by atoms with Crippen molar-refractivity contribution in [3.8, 4) is 0 Å². The molecule has 88 valence electrons. The van der Waals surface area contributed by atoms with Crippen molar-refractivity contribution in [2.45, 2.75) is 44.7 Å². The molecule has 1 aliphatic heterocycles. The van der Waals surface area contributed by atoms with Crippen LogP contribution in [-0.4, -0.2) is 43.0 Å². The van der Waals surface area contributed by atoms with Crippen molar-refractivity contribution in [3.63, 3.8) is 0 Å². The number of likely N-dealkylation sites (tertiary alicyclic amines) is 1. The van der Waals surface area contributed by atoms with Crippen molar-refractivity contribution in [1.29, 1.82) is 0 Å². The van der Waals surface area contributed by atoms with E-state index in [0.29, 0.717) is 12.5 Å². The lowest BCUT2D eigenvalue weighted by atomic mass is 10.1. The van der Waals surface area contributed by atoms with Crippen LogP contribution in [0.2, 0.25) is 0 Å². The van der Waals surface area contributed by atoms with Crippen LogP contribution in [0.25, 0.3) is 0 Å². The van der Waals surface area contributed by atoms with E-state index in [1.165, 1.54) is 0 Å². The van der Waals surface area contributed by atoms with Gasteiger partial charge in [-0.2, -0.15) is 0 Å². The Morgan fingerprint density at radius 2 is 2.40 bits per heavy atom. The molecule has 3 N–H and O–H groups in total. The minimum absolute atomic E-state index is 0.0223. The molecule has 1 fully saturated rings. The molecule has 0 aromatic rings. The number of nitrogens with two attached hydrogens (primary N) is 1. The summed E-state index contributed by atoms with van der Waals surface area (Å²) in [7, 11) is 2.08. The van der Waals surface area contributed by atoms with Crippen LogP contribution in [0.3, 0.4) is 0 Å². The van der Waals surface area contributed by atoms with Gasteiger partial charge in [0.15, 0.2) is 0 Å². The van der Waals surface area contributed by atoms with Crippen molar-refractivity contribution < 1.29 is 4.79 Å². The molecule has 0 aromatic heterocycles. The standard InChI is InChI=1S/C11H23N3O/c1-3-4-9(12)7-11(15)13-10-5-6-14(2)8-10/h9-10H,3-8,12H2,1-2H3,(H,13,15). The van der Waals surface area contributed by atoms with Gasteiger partial charge < -0.3 is 16.0 Å². The Kier molecular flexibility index (Phi) is 5.05. The van der Waals surface area contributed by atoms with E-state index >= 15 is 0 Å². The molecule has 4 nitrogen and oxygen atoms in total. The maximum Gasteiger partial charge on any atom is 0.221 e. The highest BCUT2D eigenvalue weighted by Gasteiger charge is 2.21. The van der Waals surface area contributed by atoms with Crippen molar-refractivity contribution in [1.82, 2.24) is 10.2 Å². The van der Waals surface area contributed by atoms with E-state index in [4.69, 9.17) is 5.73 Å². The molecular weight excluding hydrogens is 190 g/mol. The quantitative estimate of drug-likeness (QED) is 0.691. The van der Waals surface area contributed by atoms with Crippen LogP contribution in [0.1, 0.15) is 32.6 Å².